The number of rotatable bonds is 5. The van der Waals surface area contributed by atoms with Crippen molar-refractivity contribution in [3.05, 3.63) is 11.3 Å². The highest BCUT2D eigenvalue weighted by Crippen LogP contribution is 2.33. The van der Waals surface area contributed by atoms with Crippen LogP contribution in [0.2, 0.25) is 0 Å². The summed E-state index contributed by atoms with van der Waals surface area (Å²) < 4.78 is 3.93. The van der Waals surface area contributed by atoms with E-state index in [0.717, 1.165) is 24.4 Å². The predicted molar refractivity (Wildman–Crippen MR) is 67.8 cm³/mol. The third-order valence-electron chi connectivity index (χ3n) is 2.98. The Morgan fingerprint density at radius 1 is 1.61 bits per heavy atom. The van der Waals surface area contributed by atoms with Crippen molar-refractivity contribution in [2.75, 3.05) is 5.32 Å². The molecule has 1 aliphatic carbocycles. The number of carbonyl (C=O) groups excluding carboxylic acids is 1. The van der Waals surface area contributed by atoms with Crippen LogP contribution in [0.5, 0.6) is 0 Å². The summed E-state index contributed by atoms with van der Waals surface area (Å²) in [5, 5.41) is 11.9. The SMILES string of the molecule is Cc1nsc(NC(=O)CC(N)C2CC2)c1C(=O)O. The number of aromatic nitrogens is 1. The van der Waals surface area contributed by atoms with Gasteiger partial charge in [-0.15, -0.1) is 0 Å². The number of hydrogen-bond acceptors (Lipinski definition) is 5. The maximum atomic E-state index is 11.7. The second kappa shape index (κ2) is 5.03. The summed E-state index contributed by atoms with van der Waals surface area (Å²) in [6.45, 7) is 1.60. The molecule has 1 heterocycles. The Kier molecular flexibility index (Phi) is 3.63. The highest BCUT2D eigenvalue weighted by Gasteiger charge is 2.30. The van der Waals surface area contributed by atoms with Crippen molar-refractivity contribution in [1.29, 1.82) is 0 Å². The standard InChI is InChI=1S/C11H15N3O3S/c1-5-9(11(16)17)10(18-14-5)13-8(15)4-7(12)6-2-3-6/h6-7H,2-4,12H2,1H3,(H,13,15)(H,16,17). The molecule has 1 fully saturated rings. The molecular formula is C11H15N3O3S. The van der Waals surface area contributed by atoms with Gasteiger partial charge in [0, 0.05) is 12.5 Å². The molecule has 1 aliphatic rings. The number of carboxylic acids is 1. The number of aryl methyl sites for hydroxylation is 1. The summed E-state index contributed by atoms with van der Waals surface area (Å²) in [5.74, 6) is -0.888. The summed E-state index contributed by atoms with van der Waals surface area (Å²) >= 11 is 0.980. The van der Waals surface area contributed by atoms with Crippen molar-refractivity contribution in [3.8, 4) is 0 Å². The maximum Gasteiger partial charge on any atom is 0.340 e. The van der Waals surface area contributed by atoms with Crippen LogP contribution in [0.4, 0.5) is 5.00 Å². The highest BCUT2D eigenvalue weighted by molar-refractivity contribution is 7.11. The number of aromatic carboxylic acids is 1. The number of nitrogens with one attached hydrogen (secondary N) is 1. The van der Waals surface area contributed by atoms with Crippen molar-refractivity contribution >= 4 is 28.4 Å². The van der Waals surface area contributed by atoms with Crippen LogP contribution in [0.15, 0.2) is 0 Å². The minimum Gasteiger partial charge on any atom is -0.478 e. The van der Waals surface area contributed by atoms with Crippen LogP contribution in [0.1, 0.15) is 35.3 Å². The van der Waals surface area contributed by atoms with Gasteiger partial charge < -0.3 is 16.2 Å². The maximum absolute atomic E-state index is 11.7. The quantitative estimate of drug-likeness (QED) is 0.745. The van der Waals surface area contributed by atoms with Crippen molar-refractivity contribution in [1.82, 2.24) is 4.37 Å². The van der Waals surface area contributed by atoms with Crippen LogP contribution >= 0.6 is 11.5 Å². The van der Waals surface area contributed by atoms with Crippen molar-refractivity contribution in [2.24, 2.45) is 11.7 Å². The number of carboxylic acid groups (broad SMARTS) is 1. The zero-order chi connectivity index (χ0) is 13.3. The molecule has 6 nitrogen and oxygen atoms in total. The summed E-state index contributed by atoms with van der Waals surface area (Å²) in [7, 11) is 0. The van der Waals surface area contributed by atoms with E-state index >= 15 is 0 Å². The molecule has 0 radical (unpaired) electrons. The smallest absolute Gasteiger partial charge is 0.340 e. The number of nitrogens with two attached hydrogens (primary N) is 1. The predicted octanol–water partition coefficient (Wildman–Crippen LogP) is 1.22. The molecule has 2 rings (SSSR count). The van der Waals surface area contributed by atoms with Gasteiger partial charge in [0.15, 0.2) is 0 Å². The molecule has 1 aromatic rings. The lowest BCUT2D eigenvalue weighted by atomic mass is 10.1. The van der Waals surface area contributed by atoms with Crippen molar-refractivity contribution < 1.29 is 14.7 Å². The van der Waals surface area contributed by atoms with E-state index in [1.54, 1.807) is 6.92 Å². The largest absolute Gasteiger partial charge is 0.478 e. The van der Waals surface area contributed by atoms with Gasteiger partial charge in [-0.3, -0.25) is 4.79 Å². The highest BCUT2D eigenvalue weighted by atomic mass is 32.1. The fourth-order valence-corrected chi connectivity index (χ4v) is 2.59. The minimum atomic E-state index is -1.08. The summed E-state index contributed by atoms with van der Waals surface area (Å²) in [6.07, 6.45) is 2.38. The number of carbonyl (C=O) groups is 2. The molecule has 1 aromatic heterocycles. The van der Waals surface area contributed by atoms with E-state index in [2.05, 4.69) is 9.69 Å². The van der Waals surface area contributed by atoms with Gasteiger partial charge >= 0.3 is 5.97 Å². The summed E-state index contributed by atoms with van der Waals surface area (Å²) in [5.41, 5.74) is 6.32. The van der Waals surface area contributed by atoms with Gasteiger partial charge in [0.1, 0.15) is 10.6 Å². The van der Waals surface area contributed by atoms with Crippen LogP contribution in [0.3, 0.4) is 0 Å². The molecule has 0 bridgehead atoms. The number of anilines is 1. The Bertz CT molecular complexity index is 482. The first-order valence-corrected chi connectivity index (χ1v) is 6.51. The van der Waals surface area contributed by atoms with E-state index in [1.807, 2.05) is 0 Å². The van der Waals surface area contributed by atoms with Crippen LogP contribution in [0, 0.1) is 12.8 Å². The first kappa shape index (κ1) is 13.0. The van der Waals surface area contributed by atoms with Crippen molar-refractivity contribution in [2.45, 2.75) is 32.2 Å². The number of nitrogens with zero attached hydrogens (tertiary/aromatic N) is 1. The van der Waals surface area contributed by atoms with E-state index in [4.69, 9.17) is 10.8 Å². The lowest BCUT2D eigenvalue weighted by Gasteiger charge is -2.09. The molecule has 7 heteroatoms. The average Bonchev–Trinajstić information content (AvgIpc) is 3.04. The number of amides is 1. The van der Waals surface area contributed by atoms with E-state index in [0.29, 0.717) is 11.6 Å². The molecule has 0 spiro atoms. The molecule has 18 heavy (non-hydrogen) atoms. The van der Waals surface area contributed by atoms with Gasteiger partial charge in [-0.1, -0.05) is 0 Å². The first-order chi connectivity index (χ1) is 8.49. The summed E-state index contributed by atoms with van der Waals surface area (Å²) in [4.78, 5) is 22.8. The molecular weight excluding hydrogens is 254 g/mol. The molecule has 1 unspecified atom stereocenters. The molecule has 1 atom stereocenters. The second-order valence-electron chi connectivity index (χ2n) is 4.53. The molecule has 4 N–H and O–H groups in total. The Labute approximate surface area is 108 Å². The minimum absolute atomic E-state index is 0.0633. The lowest BCUT2D eigenvalue weighted by molar-refractivity contribution is -0.116. The van der Waals surface area contributed by atoms with E-state index < -0.39 is 5.97 Å². The third-order valence-corrected chi connectivity index (χ3v) is 3.83. The second-order valence-corrected chi connectivity index (χ2v) is 5.30. The Morgan fingerprint density at radius 2 is 2.28 bits per heavy atom. The van der Waals surface area contributed by atoms with Gasteiger partial charge in [-0.2, -0.15) is 4.37 Å². The lowest BCUT2D eigenvalue weighted by Crippen LogP contribution is -2.29. The Hall–Kier alpha value is -1.47. The zero-order valence-electron chi connectivity index (χ0n) is 9.97. The van der Waals surface area contributed by atoms with E-state index in [9.17, 15) is 9.59 Å². The van der Waals surface area contributed by atoms with Crippen molar-refractivity contribution in [3.63, 3.8) is 0 Å². The normalized spacial score (nSPS) is 16.3. The Morgan fingerprint density at radius 3 is 2.83 bits per heavy atom. The van der Waals surface area contributed by atoms with Gasteiger partial charge in [0.25, 0.3) is 0 Å². The van der Waals surface area contributed by atoms with Crippen LogP contribution in [-0.4, -0.2) is 27.4 Å². The third kappa shape index (κ3) is 2.85. The van der Waals surface area contributed by atoms with Crippen LogP contribution in [0.25, 0.3) is 0 Å². The Balaban J connectivity index is 2.00. The fourth-order valence-electron chi connectivity index (χ4n) is 1.79. The van der Waals surface area contributed by atoms with Crippen LogP contribution in [-0.2, 0) is 4.79 Å². The van der Waals surface area contributed by atoms with Gasteiger partial charge in [0.2, 0.25) is 5.91 Å². The first-order valence-electron chi connectivity index (χ1n) is 5.74. The van der Waals surface area contributed by atoms with E-state index in [-0.39, 0.29) is 28.9 Å². The topological polar surface area (TPSA) is 105 Å². The molecule has 0 saturated heterocycles. The molecule has 1 amide bonds. The molecule has 1 saturated carbocycles. The summed E-state index contributed by atoms with van der Waals surface area (Å²) in [6, 6.07) is -0.132. The van der Waals surface area contributed by atoms with Crippen LogP contribution < -0.4 is 11.1 Å². The monoisotopic (exact) mass is 269 g/mol. The molecule has 98 valence electrons. The molecule has 0 aliphatic heterocycles. The van der Waals surface area contributed by atoms with Gasteiger partial charge in [0.05, 0.1) is 5.69 Å². The van der Waals surface area contributed by atoms with Gasteiger partial charge in [-0.25, -0.2) is 4.79 Å². The average molecular weight is 269 g/mol. The number of hydrogen-bond donors (Lipinski definition) is 3. The van der Waals surface area contributed by atoms with Gasteiger partial charge in [-0.05, 0) is 37.2 Å². The van der Waals surface area contributed by atoms with E-state index in [1.165, 1.54) is 0 Å². The fraction of sp³-hybridized carbons (Fsp3) is 0.545. The zero-order valence-corrected chi connectivity index (χ0v) is 10.8. The molecule has 0 aromatic carbocycles.